The molecule has 0 radical (unpaired) electrons. The minimum atomic E-state index is -4.10. The van der Waals surface area contributed by atoms with Gasteiger partial charge in [0.1, 0.15) is 12.2 Å². The predicted molar refractivity (Wildman–Crippen MR) is 74.7 cm³/mol. The van der Waals surface area contributed by atoms with Gasteiger partial charge in [-0.1, -0.05) is 0 Å². The van der Waals surface area contributed by atoms with Gasteiger partial charge in [-0.15, -0.1) is 0 Å². The Morgan fingerprint density at radius 3 is 2.14 bits per heavy atom. The summed E-state index contributed by atoms with van der Waals surface area (Å²) in [7, 11) is -7.52. The molecule has 0 N–H and O–H groups in total. The fourth-order valence-electron chi connectivity index (χ4n) is 2.41. The number of ether oxygens (including phenoxy) is 2. The highest BCUT2D eigenvalue weighted by molar-refractivity contribution is 7.82. The zero-order chi connectivity index (χ0) is 16.4. The Hall–Kier alpha value is -0.0600. The lowest BCUT2D eigenvalue weighted by atomic mass is 10.2. The molecule has 0 unspecified atom stereocenters. The van der Waals surface area contributed by atoms with E-state index in [1.807, 2.05) is 0 Å². The van der Waals surface area contributed by atoms with Gasteiger partial charge in [-0.3, -0.25) is 4.57 Å². The molecule has 0 aromatic heterocycles. The van der Waals surface area contributed by atoms with Gasteiger partial charge in [0, 0.05) is 6.61 Å². The summed E-state index contributed by atoms with van der Waals surface area (Å²) in [5.74, 6) is 0. The summed E-state index contributed by atoms with van der Waals surface area (Å²) in [5, 5.41) is 0. The molecule has 0 amide bonds. The number of rotatable bonds is 8. The monoisotopic (exact) mass is 360 g/mol. The molecule has 2 heterocycles. The van der Waals surface area contributed by atoms with Crippen LogP contribution in [0.4, 0.5) is 0 Å². The first-order valence-electron chi connectivity index (χ1n) is 7.10. The van der Waals surface area contributed by atoms with Gasteiger partial charge in [0.25, 0.3) is 0 Å². The van der Waals surface area contributed by atoms with E-state index in [0.717, 1.165) is 0 Å². The van der Waals surface area contributed by atoms with Crippen molar-refractivity contribution in [3.8, 4) is 0 Å². The Kier molecular flexibility index (Phi) is 6.01. The molecular formula is C11H21O9PS. The molecule has 9 nitrogen and oxygen atoms in total. The minimum absolute atomic E-state index is 0.141. The number of hydrogen-bond acceptors (Lipinski definition) is 9. The third-order valence-electron chi connectivity index (χ3n) is 3.11. The standard InChI is InChI=1S/C11H21O9PS/c1-4-15-11-10-9(19-22(13,14)20-10)8(18-11)7-21(12,16-5-2)17-6-3/h8-11H,4-7H2,1-3H3/t8-,9+,10+,11+/m1/s1. The minimum Gasteiger partial charge on any atom is -0.350 e. The molecule has 0 bridgehead atoms. The highest BCUT2D eigenvalue weighted by Gasteiger charge is 2.57. The van der Waals surface area contributed by atoms with Gasteiger partial charge >= 0.3 is 18.0 Å². The van der Waals surface area contributed by atoms with Crippen LogP contribution in [0.5, 0.6) is 0 Å². The zero-order valence-electron chi connectivity index (χ0n) is 12.7. The lowest BCUT2D eigenvalue weighted by Gasteiger charge is -2.22. The summed E-state index contributed by atoms with van der Waals surface area (Å²) in [5.41, 5.74) is 0. The van der Waals surface area contributed by atoms with Crippen LogP contribution in [0, 0.1) is 0 Å². The van der Waals surface area contributed by atoms with Crippen LogP contribution in [-0.2, 0) is 41.9 Å². The quantitative estimate of drug-likeness (QED) is 0.587. The Bertz CT molecular complexity index is 512. The first kappa shape index (κ1) is 18.3. The van der Waals surface area contributed by atoms with Crippen LogP contribution < -0.4 is 0 Å². The van der Waals surface area contributed by atoms with Crippen LogP contribution in [0.1, 0.15) is 20.8 Å². The number of hydrogen-bond donors (Lipinski definition) is 0. The average molecular weight is 360 g/mol. The van der Waals surface area contributed by atoms with Crippen molar-refractivity contribution in [2.24, 2.45) is 0 Å². The largest absolute Gasteiger partial charge is 0.400 e. The SMILES string of the molecule is CCO[C@H]1O[C@H](CP(=O)(OCC)OCC)[C@@H]2OS(=O)(=O)O[C@H]12. The molecule has 2 fully saturated rings. The van der Waals surface area contributed by atoms with E-state index in [9.17, 15) is 13.0 Å². The maximum absolute atomic E-state index is 12.6. The van der Waals surface area contributed by atoms with Crippen molar-refractivity contribution in [3.63, 3.8) is 0 Å². The van der Waals surface area contributed by atoms with Gasteiger partial charge in [0.15, 0.2) is 12.4 Å². The van der Waals surface area contributed by atoms with E-state index in [4.69, 9.17) is 26.9 Å². The maximum atomic E-state index is 12.6. The Labute approximate surface area is 130 Å². The van der Waals surface area contributed by atoms with Crippen molar-refractivity contribution < 1.29 is 39.9 Å². The van der Waals surface area contributed by atoms with Crippen LogP contribution in [-0.4, -0.2) is 59.0 Å². The smallest absolute Gasteiger partial charge is 0.350 e. The van der Waals surface area contributed by atoms with E-state index in [-0.39, 0.29) is 19.4 Å². The second-order valence-corrected chi connectivity index (χ2v) is 7.96. The summed E-state index contributed by atoms with van der Waals surface area (Å²) < 4.78 is 66.5. The number of fused-ring (bicyclic) bond motifs is 1. The van der Waals surface area contributed by atoms with Crippen molar-refractivity contribution in [2.75, 3.05) is 26.0 Å². The van der Waals surface area contributed by atoms with E-state index < -0.39 is 42.6 Å². The van der Waals surface area contributed by atoms with E-state index in [2.05, 4.69) is 0 Å². The summed E-state index contributed by atoms with van der Waals surface area (Å²) in [4.78, 5) is 0. The highest BCUT2D eigenvalue weighted by atomic mass is 32.3. The van der Waals surface area contributed by atoms with Gasteiger partial charge in [-0.25, -0.2) is 8.37 Å². The summed E-state index contributed by atoms with van der Waals surface area (Å²) >= 11 is 0. The second kappa shape index (κ2) is 7.23. The van der Waals surface area contributed by atoms with Crippen molar-refractivity contribution in [2.45, 2.75) is 45.4 Å². The Morgan fingerprint density at radius 1 is 1.00 bits per heavy atom. The van der Waals surface area contributed by atoms with Gasteiger partial charge in [0.05, 0.1) is 19.4 Å². The molecule has 2 rings (SSSR count). The maximum Gasteiger partial charge on any atom is 0.400 e. The molecular weight excluding hydrogens is 339 g/mol. The summed E-state index contributed by atoms with van der Waals surface area (Å²) in [6.07, 6.45) is -3.74. The lowest BCUT2D eigenvalue weighted by molar-refractivity contribution is -0.154. The lowest BCUT2D eigenvalue weighted by Crippen LogP contribution is -2.32. The van der Waals surface area contributed by atoms with Crippen LogP contribution >= 0.6 is 7.60 Å². The molecule has 0 aromatic carbocycles. The fourth-order valence-corrected chi connectivity index (χ4v) is 5.24. The predicted octanol–water partition coefficient (Wildman–Crippen LogP) is 1.04. The van der Waals surface area contributed by atoms with Crippen LogP contribution in [0.3, 0.4) is 0 Å². The van der Waals surface area contributed by atoms with Gasteiger partial charge < -0.3 is 18.5 Å². The third kappa shape index (κ3) is 4.07. The third-order valence-corrected chi connectivity index (χ3v) is 6.14. The topological polar surface area (TPSA) is 107 Å². The molecule has 22 heavy (non-hydrogen) atoms. The molecule has 0 aliphatic carbocycles. The van der Waals surface area contributed by atoms with E-state index in [0.29, 0.717) is 6.61 Å². The van der Waals surface area contributed by atoms with Crippen molar-refractivity contribution in [1.29, 1.82) is 0 Å². The second-order valence-electron chi connectivity index (χ2n) is 4.66. The Balaban J connectivity index is 2.14. The van der Waals surface area contributed by atoms with Crippen molar-refractivity contribution in [1.82, 2.24) is 0 Å². The van der Waals surface area contributed by atoms with Crippen LogP contribution in [0.2, 0.25) is 0 Å². The van der Waals surface area contributed by atoms with E-state index in [1.165, 1.54) is 0 Å². The molecule has 0 spiro atoms. The molecule has 2 saturated heterocycles. The average Bonchev–Trinajstić information content (AvgIpc) is 2.86. The fraction of sp³-hybridized carbons (Fsp3) is 1.00. The molecule has 2 aliphatic heterocycles. The first-order valence-corrected chi connectivity index (χ1v) is 10.2. The van der Waals surface area contributed by atoms with Gasteiger partial charge in [-0.2, -0.15) is 8.42 Å². The summed E-state index contributed by atoms with van der Waals surface area (Å²) in [6.45, 7) is 5.81. The molecule has 0 aromatic rings. The summed E-state index contributed by atoms with van der Waals surface area (Å²) in [6, 6.07) is 0. The first-order chi connectivity index (χ1) is 10.3. The molecule has 2 aliphatic rings. The molecule has 130 valence electrons. The van der Waals surface area contributed by atoms with E-state index in [1.54, 1.807) is 20.8 Å². The van der Waals surface area contributed by atoms with Crippen molar-refractivity contribution in [3.05, 3.63) is 0 Å². The van der Waals surface area contributed by atoms with Crippen LogP contribution in [0.25, 0.3) is 0 Å². The molecule has 4 atom stereocenters. The molecule has 0 saturated carbocycles. The van der Waals surface area contributed by atoms with Crippen molar-refractivity contribution >= 4 is 18.0 Å². The normalized spacial score (nSPS) is 34.0. The van der Waals surface area contributed by atoms with Crippen LogP contribution in [0.15, 0.2) is 0 Å². The van der Waals surface area contributed by atoms with Gasteiger partial charge in [0.2, 0.25) is 0 Å². The zero-order valence-corrected chi connectivity index (χ0v) is 14.4. The van der Waals surface area contributed by atoms with Gasteiger partial charge in [-0.05, 0) is 20.8 Å². The highest BCUT2D eigenvalue weighted by Crippen LogP contribution is 2.51. The Morgan fingerprint density at radius 2 is 1.59 bits per heavy atom. The van der Waals surface area contributed by atoms with E-state index >= 15 is 0 Å². The molecule has 11 heteroatoms.